The topological polar surface area (TPSA) is 0 Å². The fraction of sp³-hybridized carbons (Fsp3) is 0. The van der Waals surface area contributed by atoms with Crippen LogP contribution in [0.1, 0.15) is 5.71 Å². The molecule has 7 heteroatoms. The third kappa shape index (κ3) is 42.6. The Morgan fingerprint density at radius 2 is 0.571 bits per heavy atom. The first-order chi connectivity index (χ1) is 0. The molecule has 7 heavy (non-hydrogen) atoms. The zero-order chi connectivity index (χ0) is 0. The molecule has 0 rings (SSSR count). The fourth-order valence-electron chi connectivity index (χ4n) is 0. The molecular formula is H4Fe2Mg2S3. The Balaban J connectivity index is 0. The molecule has 0 amide bonds. The van der Waals surface area contributed by atoms with Crippen molar-refractivity contribution in [3.05, 3.63) is 0 Å². The average Bonchev–Trinajstić information content (AvgIpc) is 0. The van der Waals surface area contributed by atoms with Gasteiger partial charge in [0.25, 0.3) is 0 Å². The van der Waals surface area contributed by atoms with Gasteiger partial charge in [-0.1, -0.05) is 0 Å². The predicted molar refractivity (Wildman–Crippen MR) is 38.1 cm³/mol. The van der Waals surface area contributed by atoms with E-state index in [9.17, 15) is 0 Å². The van der Waals surface area contributed by atoms with E-state index in [4.69, 9.17) is 0 Å². The van der Waals surface area contributed by atoms with Gasteiger partial charge in [-0.25, -0.2) is 0 Å². The van der Waals surface area contributed by atoms with Crippen molar-refractivity contribution in [1.29, 1.82) is 0 Å². The molecule has 0 saturated heterocycles. The SMILES string of the molecule is [Fe+3].[Fe+3].[H-].[H-].[H-].[H-].[Mg+2].[Mg+2].[S-2].[S-2].[S-2]. The van der Waals surface area contributed by atoms with Crippen molar-refractivity contribution in [2.75, 3.05) is 0 Å². The molecular weight excluding hydrogens is 257 g/mol. The zero-order valence-corrected chi connectivity index (χ0v) is 10.8. The van der Waals surface area contributed by atoms with Gasteiger partial charge in [0.1, 0.15) is 0 Å². The van der Waals surface area contributed by atoms with Crippen LogP contribution in [0.25, 0.3) is 0 Å². The van der Waals surface area contributed by atoms with Crippen LogP contribution in [-0.4, -0.2) is 46.1 Å². The number of rotatable bonds is 0. The van der Waals surface area contributed by atoms with Crippen molar-refractivity contribution >= 4 is 86.6 Å². The monoisotopic (exact) mass is 260 g/mol. The molecule has 0 spiro atoms. The third-order valence-corrected chi connectivity index (χ3v) is 0. The first-order valence-electron chi connectivity index (χ1n) is 0. The molecule has 0 saturated carbocycles. The Morgan fingerprint density at radius 1 is 0.571 bits per heavy atom. The van der Waals surface area contributed by atoms with Crippen molar-refractivity contribution in [2.45, 2.75) is 0 Å². The maximum atomic E-state index is 0. The average molecular weight is 261 g/mol. The van der Waals surface area contributed by atoms with Crippen LogP contribution in [0.5, 0.6) is 0 Å². The van der Waals surface area contributed by atoms with Gasteiger partial charge in [0, 0.05) is 0 Å². The summed E-state index contributed by atoms with van der Waals surface area (Å²) >= 11 is 0. The van der Waals surface area contributed by atoms with Gasteiger partial charge in [-0.3, -0.25) is 0 Å². The minimum Gasteiger partial charge on any atom is -2.00 e. The summed E-state index contributed by atoms with van der Waals surface area (Å²) in [5.74, 6) is 0. The summed E-state index contributed by atoms with van der Waals surface area (Å²) in [5, 5.41) is 0. The second kappa shape index (κ2) is 54.5. The molecule has 0 aromatic rings. The van der Waals surface area contributed by atoms with E-state index < -0.39 is 0 Å². The van der Waals surface area contributed by atoms with Crippen molar-refractivity contribution in [3.63, 3.8) is 0 Å². The van der Waals surface area contributed by atoms with E-state index in [0.717, 1.165) is 0 Å². The van der Waals surface area contributed by atoms with Gasteiger partial charge in [0.05, 0.1) is 0 Å². The number of hydrogen-bond donors (Lipinski definition) is 0. The molecule has 42 valence electrons. The normalized spacial score (nSPS) is 0. The standard InChI is InChI=1S/2Fe.2Mg.3S.4H/q2*+3;2*+2;3*-2;4*-1. The Hall–Kier alpha value is 3.62. The van der Waals surface area contributed by atoms with Crippen molar-refractivity contribution in [3.8, 4) is 0 Å². The maximum absolute atomic E-state index is 0. The largest absolute Gasteiger partial charge is 3.00 e. The molecule has 0 heterocycles. The Bertz CT molecular complexity index is 21.3. The van der Waals surface area contributed by atoms with Crippen LogP contribution in [0.2, 0.25) is 0 Å². The van der Waals surface area contributed by atoms with E-state index in [0.29, 0.717) is 0 Å². The Kier molecular flexibility index (Phi) is 584. The van der Waals surface area contributed by atoms with E-state index in [2.05, 4.69) is 0 Å². The summed E-state index contributed by atoms with van der Waals surface area (Å²) in [6.07, 6.45) is 0. The van der Waals surface area contributed by atoms with Gasteiger partial charge in [-0.2, -0.15) is 0 Å². The molecule has 0 aliphatic carbocycles. The summed E-state index contributed by atoms with van der Waals surface area (Å²) < 4.78 is 0. The van der Waals surface area contributed by atoms with Gasteiger partial charge < -0.3 is 46.2 Å². The molecule has 0 bridgehead atoms. The smallest absolute Gasteiger partial charge is 2.00 e. The molecule has 0 aromatic carbocycles. The maximum Gasteiger partial charge on any atom is 3.00 e. The van der Waals surface area contributed by atoms with Crippen LogP contribution >= 0.6 is 0 Å². The summed E-state index contributed by atoms with van der Waals surface area (Å²) in [7, 11) is 0. The molecule has 2 radical (unpaired) electrons. The van der Waals surface area contributed by atoms with Crippen LogP contribution in [0.4, 0.5) is 0 Å². The van der Waals surface area contributed by atoms with Gasteiger partial charge in [-0.05, 0) is 0 Å². The Labute approximate surface area is 125 Å². The molecule has 0 unspecified atom stereocenters. The molecule has 0 nitrogen and oxygen atoms in total. The van der Waals surface area contributed by atoms with E-state index >= 15 is 0 Å². The van der Waals surface area contributed by atoms with E-state index in [1.165, 1.54) is 0 Å². The Morgan fingerprint density at radius 3 is 0.571 bits per heavy atom. The molecule has 0 N–H and O–H groups in total. The van der Waals surface area contributed by atoms with Crippen LogP contribution in [0, 0.1) is 0 Å². The van der Waals surface area contributed by atoms with Crippen molar-refractivity contribution in [2.24, 2.45) is 0 Å². The van der Waals surface area contributed by atoms with Gasteiger partial charge in [0.15, 0.2) is 0 Å². The van der Waals surface area contributed by atoms with Crippen LogP contribution in [0.3, 0.4) is 0 Å². The molecule has 0 aliphatic heterocycles. The van der Waals surface area contributed by atoms with Gasteiger partial charge in [0.2, 0.25) is 0 Å². The first kappa shape index (κ1) is 75.0. The number of hydrogen-bond acceptors (Lipinski definition) is 0. The van der Waals surface area contributed by atoms with Crippen LogP contribution in [0.15, 0.2) is 0 Å². The summed E-state index contributed by atoms with van der Waals surface area (Å²) in [6.45, 7) is 0. The predicted octanol–water partition coefficient (Wildman–Crippen LogP) is -0.324. The van der Waals surface area contributed by atoms with E-state index in [-0.39, 0.29) is 126 Å². The minimum absolute atomic E-state index is 0. The van der Waals surface area contributed by atoms with Crippen LogP contribution < -0.4 is 0 Å². The fourth-order valence-corrected chi connectivity index (χ4v) is 0. The molecule has 0 atom stereocenters. The van der Waals surface area contributed by atoms with Crippen molar-refractivity contribution in [1.82, 2.24) is 0 Å². The van der Waals surface area contributed by atoms with E-state index in [1.807, 2.05) is 0 Å². The second-order valence-corrected chi connectivity index (χ2v) is 0. The van der Waals surface area contributed by atoms with Gasteiger partial charge >= 0.3 is 80.2 Å². The third-order valence-electron chi connectivity index (χ3n) is 0. The quantitative estimate of drug-likeness (QED) is 0.524. The van der Waals surface area contributed by atoms with E-state index in [1.54, 1.807) is 0 Å². The molecule has 0 aromatic heterocycles. The van der Waals surface area contributed by atoms with Gasteiger partial charge in [-0.15, -0.1) is 0 Å². The summed E-state index contributed by atoms with van der Waals surface area (Å²) in [4.78, 5) is 0. The first-order valence-corrected chi connectivity index (χ1v) is 0. The summed E-state index contributed by atoms with van der Waals surface area (Å²) in [6, 6.07) is 0. The van der Waals surface area contributed by atoms with Crippen molar-refractivity contribution < 1.29 is 39.8 Å². The molecule has 0 aliphatic rings. The van der Waals surface area contributed by atoms with Crippen LogP contribution in [-0.2, 0) is 74.6 Å². The minimum atomic E-state index is 0. The second-order valence-electron chi connectivity index (χ2n) is 0. The summed E-state index contributed by atoms with van der Waals surface area (Å²) in [5.41, 5.74) is 0. The molecule has 0 fully saturated rings. The zero-order valence-electron chi connectivity index (χ0n) is 7.35.